The topological polar surface area (TPSA) is 56.7 Å². The van der Waals surface area contributed by atoms with Crippen molar-refractivity contribution in [2.45, 2.75) is 17.9 Å². The van der Waals surface area contributed by atoms with Crippen LogP contribution in [0.2, 0.25) is 0 Å². The van der Waals surface area contributed by atoms with Crippen molar-refractivity contribution in [1.82, 2.24) is 15.5 Å². The molecule has 27 heavy (non-hydrogen) atoms. The number of thioether (sulfide) groups is 1. The largest absolute Gasteiger partial charge is 0.356 e. The number of nitrogens with one attached hydrogen (secondary N) is 2. The minimum absolute atomic E-state index is 0.0142. The molecule has 0 bridgehead atoms. The number of guanidine groups is 1. The lowest BCUT2D eigenvalue weighted by atomic mass is 10.1. The predicted octanol–water partition coefficient (Wildman–Crippen LogP) is 3.24. The van der Waals surface area contributed by atoms with Gasteiger partial charge in [0, 0.05) is 44.7 Å². The second kappa shape index (κ2) is 11.3. The number of rotatable bonds is 8. The molecule has 0 saturated heterocycles. The maximum Gasteiger partial charge on any atom is 0.253 e. The van der Waals surface area contributed by atoms with Gasteiger partial charge in [-0.25, -0.2) is 0 Å². The summed E-state index contributed by atoms with van der Waals surface area (Å²) in [5, 5.41) is 6.64. The van der Waals surface area contributed by atoms with Crippen LogP contribution in [-0.4, -0.2) is 50.2 Å². The minimum atomic E-state index is 0.0142. The lowest BCUT2D eigenvalue weighted by Crippen LogP contribution is -2.37. The first-order valence-electron chi connectivity index (χ1n) is 9.03. The number of carbonyl (C=O) groups is 1. The maximum absolute atomic E-state index is 11.9. The van der Waals surface area contributed by atoms with E-state index in [1.807, 2.05) is 42.1 Å². The van der Waals surface area contributed by atoms with Crippen LogP contribution in [0, 0.1) is 0 Å². The number of amides is 1. The second-order valence-electron chi connectivity index (χ2n) is 6.26. The van der Waals surface area contributed by atoms with E-state index in [1.54, 1.807) is 26.0 Å². The maximum atomic E-state index is 11.9. The van der Waals surface area contributed by atoms with Gasteiger partial charge in [-0.05, 0) is 42.0 Å². The molecule has 0 atom stereocenters. The van der Waals surface area contributed by atoms with Crippen LogP contribution >= 0.6 is 11.8 Å². The molecule has 0 aliphatic rings. The second-order valence-corrected chi connectivity index (χ2v) is 7.43. The molecule has 2 N–H and O–H groups in total. The molecule has 2 aromatic rings. The van der Waals surface area contributed by atoms with Gasteiger partial charge in [0.15, 0.2) is 5.96 Å². The van der Waals surface area contributed by atoms with Gasteiger partial charge in [-0.1, -0.05) is 30.3 Å². The summed E-state index contributed by atoms with van der Waals surface area (Å²) in [5.74, 6) is 1.86. The molecule has 0 spiro atoms. The van der Waals surface area contributed by atoms with Crippen LogP contribution in [0.5, 0.6) is 0 Å². The van der Waals surface area contributed by atoms with Crippen molar-refractivity contribution < 1.29 is 4.79 Å². The monoisotopic (exact) mass is 384 g/mol. The standard InChI is InChI=1S/C21H28N4OS/c1-22-21(23-14-7-15-27-19-8-5-4-6-9-19)24-16-17-10-12-18(13-11-17)20(26)25(2)3/h4-6,8-13H,7,14-16H2,1-3H3,(H2,22,23,24). The third-order valence-corrected chi connectivity index (χ3v) is 5.01. The van der Waals surface area contributed by atoms with Gasteiger partial charge in [0.2, 0.25) is 0 Å². The lowest BCUT2D eigenvalue weighted by Gasteiger charge is -2.13. The molecule has 0 heterocycles. The van der Waals surface area contributed by atoms with E-state index in [1.165, 1.54) is 4.90 Å². The molecule has 144 valence electrons. The van der Waals surface area contributed by atoms with Gasteiger partial charge in [-0.2, -0.15) is 0 Å². The number of carbonyl (C=O) groups excluding carboxylic acids is 1. The van der Waals surface area contributed by atoms with Gasteiger partial charge in [0.1, 0.15) is 0 Å². The molecule has 0 aliphatic heterocycles. The summed E-state index contributed by atoms with van der Waals surface area (Å²) in [7, 11) is 5.28. The fraction of sp³-hybridized carbons (Fsp3) is 0.333. The average Bonchev–Trinajstić information content (AvgIpc) is 2.70. The van der Waals surface area contributed by atoms with Gasteiger partial charge in [0.05, 0.1) is 0 Å². The summed E-state index contributed by atoms with van der Waals surface area (Å²) in [4.78, 5) is 19.0. The molecular weight excluding hydrogens is 356 g/mol. The molecule has 6 heteroatoms. The quantitative estimate of drug-likeness (QED) is 0.318. The SMILES string of the molecule is CN=C(NCCCSc1ccccc1)NCc1ccc(C(=O)N(C)C)cc1. The lowest BCUT2D eigenvalue weighted by molar-refractivity contribution is 0.0827. The molecule has 2 rings (SSSR count). The molecule has 0 unspecified atom stereocenters. The van der Waals surface area contributed by atoms with Gasteiger partial charge in [0.25, 0.3) is 5.91 Å². The first kappa shape index (κ1) is 20.8. The third kappa shape index (κ3) is 7.35. The summed E-state index contributed by atoms with van der Waals surface area (Å²) in [6.45, 7) is 1.53. The van der Waals surface area contributed by atoms with Crippen LogP contribution in [0.3, 0.4) is 0 Å². The highest BCUT2D eigenvalue weighted by Gasteiger charge is 2.07. The third-order valence-electron chi connectivity index (χ3n) is 3.92. The number of hydrogen-bond acceptors (Lipinski definition) is 3. The Morgan fingerprint density at radius 1 is 1.04 bits per heavy atom. The highest BCUT2D eigenvalue weighted by Crippen LogP contribution is 2.17. The van der Waals surface area contributed by atoms with Crippen molar-refractivity contribution in [2.24, 2.45) is 4.99 Å². The first-order chi connectivity index (χ1) is 13.1. The van der Waals surface area contributed by atoms with Crippen LogP contribution < -0.4 is 10.6 Å². The van der Waals surface area contributed by atoms with E-state index in [0.717, 1.165) is 30.2 Å². The molecule has 0 fully saturated rings. The van der Waals surface area contributed by atoms with E-state index in [-0.39, 0.29) is 5.91 Å². The Bertz CT molecular complexity index is 730. The normalized spacial score (nSPS) is 11.1. The van der Waals surface area contributed by atoms with Gasteiger partial charge in [-0.3, -0.25) is 9.79 Å². The van der Waals surface area contributed by atoms with Crippen molar-refractivity contribution in [1.29, 1.82) is 0 Å². The zero-order chi connectivity index (χ0) is 19.5. The van der Waals surface area contributed by atoms with Crippen LogP contribution in [0.4, 0.5) is 0 Å². The molecule has 1 amide bonds. The highest BCUT2D eigenvalue weighted by molar-refractivity contribution is 7.99. The van der Waals surface area contributed by atoms with E-state index in [4.69, 9.17) is 0 Å². The summed E-state index contributed by atoms with van der Waals surface area (Å²) in [6, 6.07) is 18.1. The van der Waals surface area contributed by atoms with Crippen LogP contribution in [0.25, 0.3) is 0 Å². The van der Waals surface area contributed by atoms with E-state index in [9.17, 15) is 4.79 Å². The number of hydrogen-bond donors (Lipinski definition) is 2. The van der Waals surface area contributed by atoms with Crippen molar-refractivity contribution in [3.05, 3.63) is 65.7 Å². The zero-order valence-electron chi connectivity index (χ0n) is 16.2. The Kier molecular flexibility index (Phi) is 8.71. The average molecular weight is 385 g/mol. The molecule has 5 nitrogen and oxygen atoms in total. The Balaban J connectivity index is 1.68. The summed E-state index contributed by atoms with van der Waals surface area (Å²) in [5.41, 5.74) is 1.80. The van der Waals surface area contributed by atoms with Crippen molar-refractivity contribution >= 4 is 23.6 Å². The Morgan fingerprint density at radius 2 is 1.74 bits per heavy atom. The summed E-state index contributed by atoms with van der Waals surface area (Å²) >= 11 is 1.86. The van der Waals surface area contributed by atoms with Crippen LogP contribution in [0.15, 0.2) is 64.5 Å². The Hall–Kier alpha value is -2.47. The number of benzene rings is 2. The Morgan fingerprint density at radius 3 is 2.37 bits per heavy atom. The molecule has 0 radical (unpaired) electrons. The molecule has 0 aromatic heterocycles. The van der Waals surface area contributed by atoms with E-state index in [2.05, 4.69) is 39.9 Å². The highest BCUT2D eigenvalue weighted by atomic mass is 32.2. The fourth-order valence-electron chi connectivity index (χ4n) is 2.42. The summed E-state index contributed by atoms with van der Waals surface area (Å²) in [6.07, 6.45) is 1.06. The number of aliphatic imine (C=N–C) groups is 1. The molecule has 0 saturated carbocycles. The Labute approximate surface area is 166 Å². The van der Waals surface area contributed by atoms with Gasteiger partial charge < -0.3 is 15.5 Å². The predicted molar refractivity (Wildman–Crippen MR) is 114 cm³/mol. The molecule has 2 aromatic carbocycles. The van der Waals surface area contributed by atoms with Crippen LogP contribution in [-0.2, 0) is 6.54 Å². The van der Waals surface area contributed by atoms with E-state index in [0.29, 0.717) is 12.1 Å². The van der Waals surface area contributed by atoms with Crippen molar-refractivity contribution in [3.8, 4) is 0 Å². The number of nitrogens with zero attached hydrogens (tertiary/aromatic N) is 2. The van der Waals surface area contributed by atoms with E-state index >= 15 is 0 Å². The minimum Gasteiger partial charge on any atom is -0.356 e. The van der Waals surface area contributed by atoms with Crippen molar-refractivity contribution in [2.75, 3.05) is 33.4 Å². The van der Waals surface area contributed by atoms with Gasteiger partial charge in [-0.15, -0.1) is 11.8 Å². The first-order valence-corrected chi connectivity index (χ1v) is 10.0. The zero-order valence-corrected chi connectivity index (χ0v) is 17.1. The molecular formula is C21H28N4OS. The van der Waals surface area contributed by atoms with Crippen LogP contribution in [0.1, 0.15) is 22.3 Å². The fourth-order valence-corrected chi connectivity index (χ4v) is 3.29. The summed E-state index contributed by atoms with van der Waals surface area (Å²) < 4.78 is 0. The van der Waals surface area contributed by atoms with E-state index < -0.39 is 0 Å². The molecule has 0 aliphatic carbocycles. The van der Waals surface area contributed by atoms with Crippen molar-refractivity contribution in [3.63, 3.8) is 0 Å². The smallest absolute Gasteiger partial charge is 0.253 e. The van der Waals surface area contributed by atoms with Gasteiger partial charge >= 0.3 is 0 Å².